The largest absolute Gasteiger partial charge is 0.353 e. The second-order valence-electron chi connectivity index (χ2n) is 7.71. The average Bonchev–Trinajstić information content (AvgIpc) is 3.38. The number of hydrogen-bond donors (Lipinski definition) is 3. The summed E-state index contributed by atoms with van der Waals surface area (Å²) in [6.45, 7) is 3.08. The Hall–Kier alpha value is -2.98. The molecule has 0 bridgehead atoms. The van der Waals surface area contributed by atoms with Gasteiger partial charge in [0, 0.05) is 43.3 Å². The van der Waals surface area contributed by atoms with Crippen molar-refractivity contribution >= 4 is 40.0 Å². The Morgan fingerprint density at radius 2 is 1.90 bits per heavy atom. The van der Waals surface area contributed by atoms with E-state index in [1.165, 1.54) is 11.3 Å². The number of nitrogens with one attached hydrogen (secondary N) is 3. The number of nitrogens with zero attached hydrogens (tertiary/aromatic N) is 3. The van der Waals surface area contributed by atoms with E-state index in [9.17, 15) is 14.4 Å². The highest BCUT2D eigenvalue weighted by Crippen LogP contribution is 2.22. The third kappa shape index (κ3) is 5.80. The molecule has 0 atom stereocenters. The number of piperidine rings is 1. The minimum absolute atomic E-state index is 0.0281. The minimum atomic E-state index is -0.144. The van der Waals surface area contributed by atoms with E-state index in [2.05, 4.69) is 25.8 Å². The lowest BCUT2D eigenvalue weighted by molar-refractivity contribution is -0.122. The Kier molecular flexibility index (Phi) is 6.78. The van der Waals surface area contributed by atoms with Gasteiger partial charge in [0.1, 0.15) is 0 Å². The van der Waals surface area contributed by atoms with E-state index < -0.39 is 0 Å². The summed E-state index contributed by atoms with van der Waals surface area (Å²) in [5.41, 5.74) is 1.47. The molecule has 1 aromatic carbocycles. The summed E-state index contributed by atoms with van der Waals surface area (Å²) in [5, 5.41) is 11.2. The Balaban J connectivity index is 1.18. The predicted molar refractivity (Wildman–Crippen MR) is 119 cm³/mol. The minimum Gasteiger partial charge on any atom is -0.353 e. The second-order valence-corrected chi connectivity index (χ2v) is 8.55. The lowest BCUT2D eigenvalue weighted by Crippen LogP contribution is -2.46. The zero-order valence-corrected chi connectivity index (χ0v) is 18.0. The molecule has 9 nitrogen and oxygen atoms in total. The van der Waals surface area contributed by atoms with E-state index >= 15 is 0 Å². The SMILES string of the molecule is O=C(CN1CCC(NC(=O)Cc2csc(N3CCNC3=O)n2)CC1)Nc1ccccc1. The van der Waals surface area contributed by atoms with Gasteiger partial charge in [0.25, 0.3) is 0 Å². The number of urea groups is 1. The van der Waals surface area contributed by atoms with Gasteiger partial charge in [0.05, 0.1) is 18.7 Å². The molecule has 0 saturated carbocycles. The first-order chi connectivity index (χ1) is 15.1. The summed E-state index contributed by atoms with van der Waals surface area (Å²) in [6.07, 6.45) is 1.81. The fourth-order valence-electron chi connectivity index (χ4n) is 3.76. The van der Waals surface area contributed by atoms with Crippen LogP contribution in [-0.4, -0.2) is 66.5 Å². The summed E-state index contributed by atoms with van der Waals surface area (Å²) in [4.78, 5) is 44.5. The van der Waals surface area contributed by atoms with E-state index in [4.69, 9.17) is 0 Å². The van der Waals surface area contributed by atoms with Gasteiger partial charge in [-0.3, -0.25) is 19.4 Å². The van der Waals surface area contributed by atoms with E-state index in [1.807, 2.05) is 35.7 Å². The highest BCUT2D eigenvalue weighted by atomic mass is 32.1. The number of aromatic nitrogens is 1. The van der Waals surface area contributed by atoms with E-state index in [0.29, 0.717) is 30.5 Å². The molecular weight excluding hydrogens is 416 g/mol. The lowest BCUT2D eigenvalue weighted by Gasteiger charge is -2.31. The van der Waals surface area contributed by atoms with Crippen molar-refractivity contribution in [2.75, 3.05) is 42.9 Å². The molecule has 0 unspecified atom stereocenters. The number of benzene rings is 1. The highest BCUT2D eigenvalue weighted by Gasteiger charge is 2.25. The van der Waals surface area contributed by atoms with Crippen molar-refractivity contribution in [2.45, 2.75) is 25.3 Å². The Morgan fingerprint density at radius 1 is 1.13 bits per heavy atom. The van der Waals surface area contributed by atoms with Crippen molar-refractivity contribution in [3.8, 4) is 0 Å². The van der Waals surface area contributed by atoms with Gasteiger partial charge in [-0.2, -0.15) is 0 Å². The average molecular weight is 443 g/mol. The molecule has 2 fully saturated rings. The van der Waals surface area contributed by atoms with Crippen molar-refractivity contribution < 1.29 is 14.4 Å². The highest BCUT2D eigenvalue weighted by molar-refractivity contribution is 7.14. The number of likely N-dealkylation sites (tertiary alicyclic amines) is 1. The van der Waals surface area contributed by atoms with Gasteiger partial charge in [-0.25, -0.2) is 9.78 Å². The first-order valence-corrected chi connectivity index (χ1v) is 11.3. The molecule has 2 aliphatic heterocycles. The summed E-state index contributed by atoms with van der Waals surface area (Å²) in [7, 11) is 0. The number of rotatable bonds is 7. The molecule has 164 valence electrons. The fourth-order valence-corrected chi connectivity index (χ4v) is 4.61. The Bertz CT molecular complexity index is 926. The number of amides is 4. The number of para-hydroxylation sites is 1. The summed E-state index contributed by atoms with van der Waals surface area (Å²) < 4.78 is 0. The van der Waals surface area contributed by atoms with Gasteiger partial charge in [0.15, 0.2) is 5.13 Å². The van der Waals surface area contributed by atoms with Gasteiger partial charge in [-0.05, 0) is 25.0 Å². The topological polar surface area (TPSA) is 107 Å². The van der Waals surface area contributed by atoms with Crippen LogP contribution in [0.3, 0.4) is 0 Å². The van der Waals surface area contributed by atoms with Crippen LogP contribution >= 0.6 is 11.3 Å². The van der Waals surface area contributed by atoms with E-state index in [1.54, 1.807) is 4.90 Å². The number of anilines is 2. The zero-order valence-electron chi connectivity index (χ0n) is 17.2. The van der Waals surface area contributed by atoms with Crippen LogP contribution in [0.15, 0.2) is 35.7 Å². The Morgan fingerprint density at radius 3 is 2.61 bits per heavy atom. The van der Waals surface area contributed by atoms with E-state index in [-0.39, 0.29) is 30.3 Å². The van der Waals surface area contributed by atoms with Crippen molar-refractivity contribution in [2.24, 2.45) is 0 Å². The predicted octanol–water partition coefficient (Wildman–Crippen LogP) is 1.43. The quantitative estimate of drug-likeness (QED) is 0.602. The third-order valence-corrected chi connectivity index (χ3v) is 6.26. The molecule has 3 N–H and O–H groups in total. The van der Waals surface area contributed by atoms with Crippen LogP contribution < -0.4 is 20.9 Å². The number of thiazole rings is 1. The van der Waals surface area contributed by atoms with Crippen molar-refractivity contribution in [3.05, 3.63) is 41.4 Å². The molecule has 2 aromatic rings. The molecule has 4 rings (SSSR count). The molecule has 3 heterocycles. The molecule has 2 aliphatic rings. The number of carbonyl (C=O) groups excluding carboxylic acids is 3. The standard InChI is InChI=1S/C21H26N6O3S/c28-18(12-17-14-31-21(25-17)27-11-8-22-20(27)30)23-16-6-9-26(10-7-16)13-19(29)24-15-4-2-1-3-5-15/h1-5,14,16H,6-13H2,(H,22,30)(H,23,28)(H,24,29). The normalized spacial score (nSPS) is 17.4. The van der Waals surface area contributed by atoms with Crippen LogP contribution in [0, 0.1) is 0 Å². The van der Waals surface area contributed by atoms with Gasteiger partial charge in [-0.1, -0.05) is 18.2 Å². The maximum absolute atomic E-state index is 12.4. The van der Waals surface area contributed by atoms with Gasteiger partial charge in [0.2, 0.25) is 11.8 Å². The number of hydrogen-bond acceptors (Lipinski definition) is 6. The van der Waals surface area contributed by atoms with Crippen LogP contribution in [0.25, 0.3) is 0 Å². The Labute approximate surface area is 184 Å². The maximum Gasteiger partial charge on any atom is 0.323 e. The van der Waals surface area contributed by atoms with Crippen LogP contribution in [0.5, 0.6) is 0 Å². The maximum atomic E-state index is 12.4. The summed E-state index contributed by atoms with van der Waals surface area (Å²) >= 11 is 1.37. The van der Waals surface area contributed by atoms with Crippen molar-refractivity contribution in [1.29, 1.82) is 0 Å². The first kappa shape index (κ1) is 21.3. The summed E-state index contributed by atoms with van der Waals surface area (Å²) in [6, 6.07) is 9.38. The second kappa shape index (κ2) is 9.88. The van der Waals surface area contributed by atoms with Crippen molar-refractivity contribution in [1.82, 2.24) is 20.5 Å². The molecular formula is C21H26N6O3S. The third-order valence-electron chi connectivity index (χ3n) is 5.35. The van der Waals surface area contributed by atoms with Gasteiger partial charge >= 0.3 is 6.03 Å². The molecule has 4 amide bonds. The molecule has 0 aliphatic carbocycles. The number of carbonyl (C=O) groups is 3. The molecule has 0 radical (unpaired) electrons. The van der Waals surface area contributed by atoms with Crippen LogP contribution in [0.4, 0.5) is 15.6 Å². The monoisotopic (exact) mass is 442 g/mol. The molecule has 10 heteroatoms. The summed E-state index contributed by atoms with van der Waals surface area (Å²) in [5.74, 6) is -0.0947. The van der Waals surface area contributed by atoms with Crippen LogP contribution in [-0.2, 0) is 16.0 Å². The molecule has 1 aromatic heterocycles. The van der Waals surface area contributed by atoms with Crippen LogP contribution in [0.2, 0.25) is 0 Å². The van der Waals surface area contributed by atoms with Crippen molar-refractivity contribution in [3.63, 3.8) is 0 Å². The molecule has 0 spiro atoms. The lowest BCUT2D eigenvalue weighted by atomic mass is 10.0. The first-order valence-electron chi connectivity index (χ1n) is 10.4. The molecule has 2 saturated heterocycles. The van der Waals surface area contributed by atoms with E-state index in [0.717, 1.165) is 31.6 Å². The smallest absolute Gasteiger partial charge is 0.323 e. The zero-order chi connectivity index (χ0) is 21.6. The fraction of sp³-hybridized carbons (Fsp3) is 0.429. The van der Waals surface area contributed by atoms with Crippen LogP contribution in [0.1, 0.15) is 18.5 Å². The van der Waals surface area contributed by atoms with Gasteiger partial charge in [-0.15, -0.1) is 11.3 Å². The van der Waals surface area contributed by atoms with Gasteiger partial charge < -0.3 is 16.0 Å². The molecule has 31 heavy (non-hydrogen) atoms.